The van der Waals surface area contributed by atoms with Crippen molar-refractivity contribution in [2.24, 2.45) is 5.41 Å². The summed E-state index contributed by atoms with van der Waals surface area (Å²) in [6.07, 6.45) is 6.58. The van der Waals surface area contributed by atoms with E-state index in [9.17, 15) is 9.59 Å². The van der Waals surface area contributed by atoms with Crippen molar-refractivity contribution in [2.45, 2.75) is 32.6 Å². The number of hydrogen-bond acceptors (Lipinski definition) is 3. The first-order valence-electron chi connectivity index (χ1n) is 8.56. The second kappa shape index (κ2) is 5.61. The lowest BCUT2D eigenvalue weighted by atomic mass is 9.94. The van der Waals surface area contributed by atoms with Gasteiger partial charge in [0.1, 0.15) is 5.69 Å². The Morgan fingerprint density at radius 2 is 2.00 bits per heavy atom. The van der Waals surface area contributed by atoms with Gasteiger partial charge in [-0.25, -0.2) is 0 Å². The number of aromatic nitrogens is 2. The molecule has 1 saturated carbocycles. The fraction of sp³-hybridized carbons (Fsp3) is 0.500. The second-order valence-corrected chi connectivity index (χ2v) is 7.16. The average Bonchev–Trinajstić information content (AvgIpc) is 3.19. The molecule has 4 rings (SSSR count). The average molecular weight is 326 g/mol. The van der Waals surface area contributed by atoms with Gasteiger partial charge in [-0.2, -0.15) is 0 Å². The van der Waals surface area contributed by atoms with Gasteiger partial charge >= 0.3 is 0 Å². The first-order chi connectivity index (χ1) is 11.5. The van der Waals surface area contributed by atoms with E-state index >= 15 is 0 Å². The number of hydrogen-bond donors (Lipinski definition) is 2. The van der Waals surface area contributed by atoms with Gasteiger partial charge < -0.3 is 15.2 Å². The first-order valence-corrected chi connectivity index (χ1v) is 8.56. The lowest BCUT2D eigenvalue weighted by Gasteiger charge is -2.32. The predicted molar refractivity (Wildman–Crippen MR) is 90.6 cm³/mol. The fourth-order valence-corrected chi connectivity index (χ4v) is 3.53. The molecule has 2 aromatic heterocycles. The third kappa shape index (κ3) is 2.88. The van der Waals surface area contributed by atoms with Gasteiger partial charge in [0.05, 0.1) is 18.3 Å². The van der Waals surface area contributed by atoms with Crippen molar-refractivity contribution in [1.29, 1.82) is 0 Å². The highest BCUT2D eigenvalue weighted by atomic mass is 16.2. The summed E-state index contributed by atoms with van der Waals surface area (Å²) in [4.78, 5) is 33.7. The number of aryl methyl sites for hydroxylation is 1. The third-order valence-electron chi connectivity index (χ3n) is 5.42. The maximum atomic E-state index is 12.3. The number of amides is 2. The van der Waals surface area contributed by atoms with Crippen LogP contribution < -0.4 is 5.32 Å². The molecule has 24 heavy (non-hydrogen) atoms. The molecule has 0 radical (unpaired) electrons. The quantitative estimate of drug-likeness (QED) is 0.905. The summed E-state index contributed by atoms with van der Waals surface area (Å²) >= 11 is 0. The fourth-order valence-electron chi connectivity index (χ4n) is 3.53. The predicted octanol–water partition coefficient (Wildman–Crippen LogP) is 2.00. The van der Waals surface area contributed by atoms with E-state index in [2.05, 4.69) is 15.3 Å². The van der Waals surface area contributed by atoms with Crippen molar-refractivity contribution >= 4 is 22.7 Å². The molecule has 6 heteroatoms. The first kappa shape index (κ1) is 15.2. The largest absolute Gasteiger partial charge is 0.349 e. The Morgan fingerprint density at radius 3 is 2.71 bits per heavy atom. The molecule has 126 valence electrons. The lowest BCUT2D eigenvalue weighted by molar-refractivity contribution is -0.131. The highest BCUT2D eigenvalue weighted by molar-refractivity contribution is 5.99. The number of carbonyl (C=O) groups excluding carboxylic acids is 2. The molecule has 2 amide bonds. The van der Waals surface area contributed by atoms with E-state index in [4.69, 9.17) is 0 Å². The van der Waals surface area contributed by atoms with E-state index in [1.807, 2.05) is 17.9 Å². The van der Waals surface area contributed by atoms with Crippen LogP contribution >= 0.6 is 0 Å². The van der Waals surface area contributed by atoms with Gasteiger partial charge in [0, 0.05) is 24.2 Å². The summed E-state index contributed by atoms with van der Waals surface area (Å²) in [5, 5.41) is 3.67. The molecule has 2 aliphatic rings. The van der Waals surface area contributed by atoms with Crippen LogP contribution in [-0.4, -0.2) is 46.3 Å². The number of nitrogens with one attached hydrogen (secondary N) is 2. The Hall–Kier alpha value is -2.37. The van der Waals surface area contributed by atoms with Crippen molar-refractivity contribution in [3.63, 3.8) is 0 Å². The van der Waals surface area contributed by atoms with Gasteiger partial charge in [-0.1, -0.05) is 0 Å². The van der Waals surface area contributed by atoms with Crippen LogP contribution in [0, 0.1) is 12.3 Å². The van der Waals surface area contributed by atoms with Crippen molar-refractivity contribution in [3.8, 4) is 0 Å². The zero-order valence-corrected chi connectivity index (χ0v) is 13.9. The highest BCUT2D eigenvalue weighted by Gasteiger charge is 2.44. The molecule has 3 heterocycles. The zero-order valence-electron chi connectivity index (χ0n) is 13.9. The summed E-state index contributed by atoms with van der Waals surface area (Å²) in [5.41, 5.74) is 2.74. The maximum Gasteiger partial charge on any atom is 0.268 e. The number of fused-ring (bicyclic) bond motifs is 1. The van der Waals surface area contributed by atoms with Crippen molar-refractivity contribution < 1.29 is 9.59 Å². The summed E-state index contributed by atoms with van der Waals surface area (Å²) in [7, 11) is 0. The van der Waals surface area contributed by atoms with Crippen LogP contribution in [0.15, 0.2) is 18.3 Å². The van der Waals surface area contributed by atoms with Gasteiger partial charge in [-0.05, 0) is 50.2 Å². The Morgan fingerprint density at radius 1 is 1.25 bits per heavy atom. The normalized spacial score (nSPS) is 18.8. The number of carbonyl (C=O) groups is 2. The summed E-state index contributed by atoms with van der Waals surface area (Å²) in [6, 6.07) is 3.72. The van der Waals surface area contributed by atoms with Gasteiger partial charge in [-0.3, -0.25) is 14.6 Å². The molecular formula is C18H22N4O2. The number of nitrogens with zero attached hydrogens (tertiary/aromatic N) is 2. The van der Waals surface area contributed by atoms with E-state index in [-0.39, 0.29) is 18.4 Å². The Labute approximate surface area is 140 Å². The number of piperidine rings is 1. The Bertz CT molecular complexity index is 796. The lowest BCUT2D eigenvalue weighted by Crippen LogP contribution is -2.44. The van der Waals surface area contributed by atoms with Crippen LogP contribution in [0.1, 0.15) is 41.9 Å². The number of aromatic amines is 1. The highest BCUT2D eigenvalue weighted by Crippen LogP contribution is 2.53. The second-order valence-electron chi connectivity index (χ2n) is 7.16. The topological polar surface area (TPSA) is 78.1 Å². The third-order valence-corrected chi connectivity index (χ3v) is 5.42. The van der Waals surface area contributed by atoms with Crippen molar-refractivity contribution in [1.82, 2.24) is 20.2 Å². The summed E-state index contributed by atoms with van der Waals surface area (Å²) < 4.78 is 0. The Balaban J connectivity index is 1.34. The molecule has 6 nitrogen and oxygen atoms in total. The minimum atomic E-state index is -0.257. The standard InChI is InChI=1S/C18H22N4O2/c1-12-8-13-9-14(21-15(13)10-19-12)17(24)20-11-16(23)22-6-4-18(2-3-18)5-7-22/h8-10,21H,2-7,11H2,1H3,(H,20,24). The van der Waals surface area contributed by atoms with E-state index in [1.165, 1.54) is 12.8 Å². The molecule has 2 fully saturated rings. The molecule has 1 aliphatic heterocycles. The molecule has 1 spiro atoms. The minimum Gasteiger partial charge on any atom is -0.349 e. The molecule has 1 saturated heterocycles. The molecule has 0 unspecified atom stereocenters. The molecule has 1 aliphatic carbocycles. The van der Waals surface area contributed by atoms with Crippen LogP contribution in [0.5, 0.6) is 0 Å². The van der Waals surface area contributed by atoms with E-state index in [1.54, 1.807) is 12.3 Å². The summed E-state index contributed by atoms with van der Waals surface area (Å²) in [6.45, 7) is 3.62. The van der Waals surface area contributed by atoms with Crippen LogP contribution in [0.25, 0.3) is 10.9 Å². The minimum absolute atomic E-state index is 0.00692. The van der Waals surface area contributed by atoms with Crippen LogP contribution in [-0.2, 0) is 4.79 Å². The van der Waals surface area contributed by atoms with E-state index < -0.39 is 0 Å². The Kier molecular flexibility index (Phi) is 3.55. The molecule has 0 bridgehead atoms. The number of likely N-dealkylation sites (tertiary alicyclic amines) is 1. The van der Waals surface area contributed by atoms with Gasteiger partial charge in [0.25, 0.3) is 5.91 Å². The monoisotopic (exact) mass is 326 g/mol. The summed E-state index contributed by atoms with van der Waals surface area (Å²) in [5.74, 6) is -0.250. The van der Waals surface area contributed by atoms with Crippen molar-refractivity contribution in [3.05, 3.63) is 29.7 Å². The SMILES string of the molecule is Cc1cc2cc(C(=O)NCC(=O)N3CCC4(CC3)CC4)[nH]c2cn1. The van der Waals surface area contributed by atoms with Crippen LogP contribution in [0.3, 0.4) is 0 Å². The number of pyridine rings is 1. The smallest absolute Gasteiger partial charge is 0.268 e. The van der Waals surface area contributed by atoms with E-state index in [0.29, 0.717) is 11.1 Å². The molecule has 2 aromatic rings. The van der Waals surface area contributed by atoms with Crippen LogP contribution in [0.4, 0.5) is 0 Å². The van der Waals surface area contributed by atoms with Gasteiger partial charge in [0.2, 0.25) is 5.91 Å². The maximum absolute atomic E-state index is 12.3. The van der Waals surface area contributed by atoms with Crippen molar-refractivity contribution in [2.75, 3.05) is 19.6 Å². The van der Waals surface area contributed by atoms with Crippen LogP contribution in [0.2, 0.25) is 0 Å². The molecule has 0 aromatic carbocycles. The zero-order chi connectivity index (χ0) is 16.7. The number of H-pyrrole nitrogens is 1. The molecular weight excluding hydrogens is 304 g/mol. The number of rotatable bonds is 3. The molecule has 2 N–H and O–H groups in total. The molecule has 0 atom stereocenters. The van der Waals surface area contributed by atoms with Gasteiger partial charge in [-0.15, -0.1) is 0 Å². The van der Waals surface area contributed by atoms with Gasteiger partial charge in [0.15, 0.2) is 0 Å². The van der Waals surface area contributed by atoms with E-state index in [0.717, 1.165) is 42.5 Å².